The Morgan fingerprint density at radius 1 is 0.469 bits per heavy atom. The molecule has 9 aromatic rings. The molecule has 1 aliphatic heterocycles. The fourth-order valence-electron chi connectivity index (χ4n) is 7.11. The summed E-state index contributed by atoms with van der Waals surface area (Å²) in [6.45, 7) is 0. The van der Waals surface area contributed by atoms with Crippen LogP contribution < -0.4 is 5.32 Å². The summed E-state index contributed by atoms with van der Waals surface area (Å²) >= 11 is 0. The van der Waals surface area contributed by atoms with Crippen LogP contribution in [0.1, 0.15) is 23.0 Å². The first kappa shape index (κ1) is 27.5. The first-order valence-corrected chi connectivity index (χ1v) is 16.5. The maximum absolute atomic E-state index is 6.49. The first-order chi connectivity index (χ1) is 24.2. The van der Waals surface area contributed by atoms with E-state index in [4.69, 9.17) is 19.4 Å². The van der Waals surface area contributed by atoms with Gasteiger partial charge in [-0.2, -0.15) is 0 Å². The predicted octanol–water partition coefficient (Wildman–Crippen LogP) is 11.0. The quantitative estimate of drug-likeness (QED) is 0.197. The largest absolute Gasteiger partial charge is 0.440 e. The number of hydrogen-bond donors (Lipinski definition) is 1. The minimum Gasteiger partial charge on any atom is -0.440 e. The average Bonchev–Trinajstić information content (AvgIpc) is 3.56. The van der Waals surface area contributed by atoms with E-state index in [9.17, 15) is 0 Å². The van der Waals surface area contributed by atoms with Crippen molar-refractivity contribution < 1.29 is 4.42 Å². The van der Waals surface area contributed by atoms with Gasteiger partial charge in [0.15, 0.2) is 17.5 Å². The van der Waals surface area contributed by atoms with Gasteiger partial charge in [-0.1, -0.05) is 133 Å². The van der Waals surface area contributed by atoms with Gasteiger partial charge in [0, 0.05) is 22.1 Å². The molecule has 1 aliphatic rings. The van der Waals surface area contributed by atoms with E-state index < -0.39 is 0 Å². The molecule has 2 aromatic heterocycles. The monoisotopic (exact) mass is 628 g/mol. The highest BCUT2D eigenvalue weighted by atomic mass is 16.4. The Balaban J connectivity index is 1.19. The molecular formula is C44H28N4O. The maximum Gasteiger partial charge on any atom is 0.202 e. The first-order valence-electron chi connectivity index (χ1n) is 16.5. The van der Waals surface area contributed by atoms with Gasteiger partial charge < -0.3 is 9.73 Å². The number of furan rings is 1. The molecular weight excluding hydrogens is 601 g/mol. The predicted molar refractivity (Wildman–Crippen MR) is 199 cm³/mol. The number of aromatic nitrogens is 3. The van der Waals surface area contributed by atoms with Gasteiger partial charge >= 0.3 is 0 Å². The molecule has 0 radical (unpaired) electrons. The topological polar surface area (TPSA) is 63.8 Å². The maximum atomic E-state index is 6.49. The van der Waals surface area contributed by atoms with Crippen molar-refractivity contribution in [2.75, 3.05) is 5.32 Å². The molecule has 1 unspecified atom stereocenters. The molecule has 230 valence electrons. The van der Waals surface area contributed by atoms with Crippen LogP contribution in [0.3, 0.4) is 0 Å². The van der Waals surface area contributed by atoms with Crippen LogP contribution in [0.15, 0.2) is 162 Å². The second kappa shape index (κ2) is 11.0. The number of nitrogens with one attached hydrogen (secondary N) is 1. The highest BCUT2D eigenvalue weighted by molar-refractivity contribution is 6.08. The van der Waals surface area contributed by atoms with Crippen LogP contribution in [-0.2, 0) is 0 Å². The highest BCUT2D eigenvalue weighted by Crippen LogP contribution is 2.44. The molecule has 0 fully saturated rings. The van der Waals surface area contributed by atoms with Crippen molar-refractivity contribution in [3.05, 3.63) is 175 Å². The van der Waals surface area contributed by atoms with E-state index in [1.54, 1.807) is 0 Å². The van der Waals surface area contributed by atoms with Gasteiger partial charge in [-0.25, -0.2) is 15.0 Å². The van der Waals surface area contributed by atoms with Crippen molar-refractivity contribution in [2.24, 2.45) is 0 Å². The molecule has 0 amide bonds. The summed E-state index contributed by atoms with van der Waals surface area (Å²) in [6.07, 6.45) is 2.24. The lowest BCUT2D eigenvalue weighted by Gasteiger charge is -2.24. The smallest absolute Gasteiger partial charge is 0.202 e. The van der Waals surface area contributed by atoms with Gasteiger partial charge in [0.2, 0.25) is 5.88 Å². The average molecular weight is 629 g/mol. The summed E-state index contributed by atoms with van der Waals surface area (Å²) in [5.41, 5.74) is 5.65. The van der Waals surface area contributed by atoms with E-state index in [0.29, 0.717) is 23.4 Å². The summed E-state index contributed by atoms with van der Waals surface area (Å²) in [5.74, 6) is 2.55. The summed E-state index contributed by atoms with van der Waals surface area (Å²) < 4.78 is 6.49. The van der Waals surface area contributed by atoms with Crippen molar-refractivity contribution >= 4 is 54.7 Å². The molecule has 0 aliphatic carbocycles. The van der Waals surface area contributed by atoms with E-state index in [0.717, 1.165) is 44.2 Å². The second-order valence-electron chi connectivity index (χ2n) is 12.5. The van der Waals surface area contributed by atoms with E-state index in [2.05, 4.69) is 115 Å². The van der Waals surface area contributed by atoms with Crippen LogP contribution in [0.25, 0.3) is 71.6 Å². The number of nitrogens with zero attached hydrogens (tertiary/aromatic N) is 3. The van der Waals surface area contributed by atoms with Crippen LogP contribution in [0.5, 0.6) is 0 Å². The van der Waals surface area contributed by atoms with E-state index in [1.165, 1.54) is 26.9 Å². The zero-order valence-corrected chi connectivity index (χ0v) is 26.3. The standard InChI is InChI=1S/C44H28N4O/c1-2-12-29(13-3-1)41-46-42(33-21-18-27-10-4-5-14-30(27)24-33)48-43(47-41)37-26-38(45-44-40(37)36-16-8-9-17-39(36)49-44)32-22-23-35-31(25-32)20-19-28-11-6-7-15-34(28)35/h1-26,38,45H. The minimum absolute atomic E-state index is 0.181. The van der Waals surface area contributed by atoms with Crippen LogP contribution in [0.2, 0.25) is 0 Å². The Bertz CT molecular complexity index is 2760. The Morgan fingerprint density at radius 2 is 1.12 bits per heavy atom. The van der Waals surface area contributed by atoms with Gasteiger partial charge in [-0.15, -0.1) is 0 Å². The molecule has 1 atom stereocenters. The number of fused-ring (bicyclic) bond motifs is 7. The zero-order valence-electron chi connectivity index (χ0n) is 26.3. The zero-order chi connectivity index (χ0) is 32.3. The Morgan fingerprint density at radius 3 is 2.00 bits per heavy atom. The molecule has 7 aromatic carbocycles. The van der Waals surface area contributed by atoms with Gasteiger partial charge in [0.25, 0.3) is 0 Å². The van der Waals surface area contributed by atoms with Gasteiger partial charge in [0.05, 0.1) is 11.6 Å². The number of para-hydroxylation sites is 1. The fraction of sp³-hybridized carbons (Fsp3) is 0.0227. The molecule has 5 heteroatoms. The van der Waals surface area contributed by atoms with Crippen LogP contribution in [0.4, 0.5) is 5.88 Å². The van der Waals surface area contributed by atoms with Crippen molar-refractivity contribution in [2.45, 2.75) is 6.04 Å². The Hall–Kier alpha value is -6.59. The number of anilines is 1. The molecule has 49 heavy (non-hydrogen) atoms. The molecule has 3 heterocycles. The third kappa shape index (κ3) is 4.67. The lowest BCUT2D eigenvalue weighted by Crippen LogP contribution is -2.15. The van der Waals surface area contributed by atoms with Crippen LogP contribution in [0, 0.1) is 0 Å². The SMILES string of the molecule is C1=C(c2nc(-c3ccccc3)nc(-c3ccc4ccccc4c3)n2)c2c(oc3ccccc23)NC1c1ccc2c(ccc3ccccc32)c1. The fourth-order valence-corrected chi connectivity index (χ4v) is 7.11. The van der Waals surface area contributed by atoms with Crippen LogP contribution in [-0.4, -0.2) is 15.0 Å². The number of hydrogen-bond acceptors (Lipinski definition) is 5. The van der Waals surface area contributed by atoms with Crippen molar-refractivity contribution in [3.63, 3.8) is 0 Å². The molecule has 0 saturated carbocycles. The lowest BCUT2D eigenvalue weighted by atomic mass is 9.92. The summed E-state index contributed by atoms with van der Waals surface area (Å²) in [5, 5.41) is 11.9. The Labute approximate surface area is 282 Å². The molecule has 5 nitrogen and oxygen atoms in total. The molecule has 0 bridgehead atoms. The van der Waals surface area contributed by atoms with Crippen molar-refractivity contribution in [3.8, 4) is 22.8 Å². The second-order valence-corrected chi connectivity index (χ2v) is 12.5. The summed E-state index contributed by atoms with van der Waals surface area (Å²) in [7, 11) is 0. The highest BCUT2D eigenvalue weighted by Gasteiger charge is 2.29. The van der Waals surface area contributed by atoms with Crippen molar-refractivity contribution in [1.29, 1.82) is 0 Å². The van der Waals surface area contributed by atoms with E-state index >= 15 is 0 Å². The van der Waals surface area contributed by atoms with Crippen LogP contribution >= 0.6 is 0 Å². The van der Waals surface area contributed by atoms with Gasteiger partial charge in [-0.05, 0) is 62.2 Å². The number of rotatable bonds is 4. The Kier molecular flexibility index (Phi) is 6.18. The van der Waals surface area contributed by atoms with E-state index in [1.807, 2.05) is 48.5 Å². The van der Waals surface area contributed by atoms with Gasteiger partial charge in [-0.3, -0.25) is 0 Å². The minimum atomic E-state index is -0.181. The molecule has 0 saturated heterocycles. The summed E-state index contributed by atoms with van der Waals surface area (Å²) in [6, 6.07) is 52.4. The van der Waals surface area contributed by atoms with Crippen molar-refractivity contribution in [1.82, 2.24) is 15.0 Å². The third-order valence-corrected chi connectivity index (χ3v) is 9.53. The lowest BCUT2D eigenvalue weighted by molar-refractivity contribution is 0.618. The van der Waals surface area contributed by atoms with Gasteiger partial charge in [0.1, 0.15) is 5.58 Å². The van der Waals surface area contributed by atoms with E-state index in [-0.39, 0.29) is 6.04 Å². The molecule has 10 rings (SSSR count). The third-order valence-electron chi connectivity index (χ3n) is 9.53. The molecule has 0 spiro atoms. The normalized spacial score (nSPS) is 14.2. The number of benzene rings is 7. The summed E-state index contributed by atoms with van der Waals surface area (Å²) in [4.78, 5) is 15.4. The molecule has 1 N–H and O–H groups in total.